The van der Waals surface area contributed by atoms with Gasteiger partial charge in [0.15, 0.2) is 0 Å². The summed E-state index contributed by atoms with van der Waals surface area (Å²) in [6.45, 7) is 0. The van der Waals surface area contributed by atoms with Crippen molar-refractivity contribution in [3.8, 4) is 0 Å². The van der Waals surface area contributed by atoms with Gasteiger partial charge in [-0.1, -0.05) is 0 Å². The smallest absolute Gasteiger partial charge is 0.345 e. The molecule has 16 heavy (non-hydrogen) atoms. The van der Waals surface area contributed by atoms with E-state index in [-0.39, 0.29) is 12.8 Å². The van der Waals surface area contributed by atoms with E-state index in [0.717, 1.165) is 0 Å². The average Bonchev–Trinajstić information content (AvgIpc) is 2.20. The lowest BCUT2D eigenvalue weighted by molar-refractivity contribution is -0.155. The van der Waals surface area contributed by atoms with Gasteiger partial charge in [-0.05, 0) is 0 Å². The molecule has 6 N–H and O–H groups in total. The van der Waals surface area contributed by atoms with E-state index in [0.29, 0.717) is 0 Å². The van der Waals surface area contributed by atoms with Crippen LogP contribution in [-0.4, -0.2) is 24.0 Å². The highest BCUT2D eigenvalue weighted by atomic mass is 16.7. The second-order valence-corrected chi connectivity index (χ2v) is 2.38. The lowest BCUT2D eigenvalue weighted by Crippen LogP contribution is -2.33. The summed E-state index contributed by atoms with van der Waals surface area (Å²) < 4.78 is 0. The number of urea groups is 2. The summed E-state index contributed by atoms with van der Waals surface area (Å²) in [4.78, 5) is 49.9. The summed E-state index contributed by atoms with van der Waals surface area (Å²) >= 11 is 0. The minimum Gasteiger partial charge on any atom is -0.349 e. The highest BCUT2D eigenvalue weighted by molar-refractivity contribution is 5.80. The molecule has 0 rings (SSSR count). The predicted octanol–water partition coefficient (Wildman–Crippen LogP) is -1.98. The minimum atomic E-state index is -1.05. The monoisotopic (exact) mass is 234 g/mol. The van der Waals surface area contributed by atoms with Crippen LogP contribution in [0.5, 0.6) is 0 Å². The van der Waals surface area contributed by atoms with Gasteiger partial charge in [0.25, 0.3) is 0 Å². The number of nitrogens with two attached hydrogens (primary N) is 2. The molecule has 0 aliphatic carbocycles. The van der Waals surface area contributed by atoms with Crippen LogP contribution in [0.15, 0.2) is 0 Å². The van der Waals surface area contributed by atoms with Gasteiger partial charge >= 0.3 is 24.0 Å². The van der Waals surface area contributed by atoms with E-state index >= 15 is 0 Å². The Balaban J connectivity index is 3.63. The van der Waals surface area contributed by atoms with Gasteiger partial charge in [0.2, 0.25) is 0 Å². The third kappa shape index (κ3) is 8.10. The summed E-state index contributed by atoms with van der Waals surface area (Å²) in [6, 6.07) is -2.10. The Labute approximate surface area is 89.1 Å². The highest BCUT2D eigenvalue weighted by Gasteiger charge is 2.10. The van der Waals surface area contributed by atoms with Crippen LogP contribution < -0.4 is 22.4 Å². The van der Waals surface area contributed by atoms with Crippen LogP contribution in [0.1, 0.15) is 12.8 Å². The Hall–Kier alpha value is -2.52. The first-order valence-corrected chi connectivity index (χ1v) is 3.92. The number of rotatable bonds is 3. The zero-order chi connectivity index (χ0) is 12.6. The number of carbonyl (C=O) groups is 4. The first-order valence-electron chi connectivity index (χ1n) is 3.92. The normalized spacial score (nSPS) is 8.75. The molecule has 0 saturated heterocycles. The lowest BCUT2D eigenvalue weighted by Gasteiger charge is -2.03. The topological polar surface area (TPSA) is 163 Å². The first-order chi connectivity index (χ1) is 7.41. The molecule has 10 heteroatoms. The van der Waals surface area contributed by atoms with Gasteiger partial charge < -0.3 is 21.1 Å². The van der Waals surface area contributed by atoms with E-state index < -0.39 is 24.0 Å². The molecule has 0 fully saturated rings. The maximum absolute atomic E-state index is 10.8. The second kappa shape index (κ2) is 6.86. The number of amides is 4. The molecule has 90 valence electrons. The Morgan fingerprint density at radius 1 is 0.812 bits per heavy atom. The molecule has 0 aliphatic heterocycles. The molecule has 0 atom stereocenters. The lowest BCUT2D eigenvalue weighted by atomic mass is 10.3. The largest absolute Gasteiger partial charge is 0.349 e. The van der Waals surface area contributed by atoms with Crippen molar-refractivity contribution in [3.63, 3.8) is 0 Å². The maximum Gasteiger partial charge on any atom is 0.345 e. The van der Waals surface area contributed by atoms with Crippen LogP contribution in [0.4, 0.5) is 9.59 Å². The van der Waals surface area contributed by atoms with Crippen LogP contribution in [0.3, 0.4) is 0 Å². The summed E-state index contributed by atoms with van der Waals surface area (Å²) in [5.74, 6) is -1.79. The quantitative estimate of drug-likeness (QED) is 0.413. The first kappa shape index (κ1) is 13.5. The molecule has 0 bridgehead atoms. The average molecular weight is 234 g/mol. The molecular weight excluding hydrogens is 224 g/mol. The number of carbonyl (C=O) groups excluding carboxylic acids is 4. The molecule has 10 nitrogen and oxygen atoms in total. The van der Waals surface area contributed by atoms with Crippen molar-refractivity contribution < 1.29 is 28.9 Å². The van der Waals surface area contributed by atoms with Crippen molar-refractivity contribution in [2.24, 2.45) is 11.5 Å². The van der Waals surface area contributed by atoms with Crippen molar-refractivity contribution in [3.05, 3.63) is 0 Å². The van der Waals surface area contributed by atoms with E-state index in [9.17, 15) is 19.2 Å². The number of hydrogen-bond acceptors (Lipinski definition) is 6. The van der Waals surface area contributed by atoms with Gasteiger partial charge in [-0.25, -0.2) is 19.2 Å². The molecule has 0 aliphatic rings. The predicted molar refractivity (Wildman–Crippen MR) is 46.9 cm³/mol. The molecule has 0 unspecified atom stereocenters. The third-order valence-corrected chi connectivity index (χ3v) is 1.06. The van der Waals surface area contributed by atoms with Crippen LogP contribution in [0, 0.1) is 0 Å². The third-order valence-electron chi connectivity index (χ3n) is 1.06. The van der Waals surface area contributed by atoms with Gasteiger partial charge in [-0.2, -0.15) is 11.0 Å². The Kier molecular flexibility index (Phi) is 5.78. The molecule has 0 aromatic rings. The van der Waals surface area contributed by atoms with Crippen LogP contribution in [0.25, 0.3) is 0 Å². The molecule has 4 amide bonds. The Morgan fingerprint density at radius 3 is 1.38 bits per heavy atom. The summed E-state index contributed by atoms with van der Waals surface area (Å²) in [5, 5.41) is 0. The van der Waals surface area contributed by atoms with E-state index in [1.165, 1.54) is 0 Å². The second-order valence-electron chi connectivity index (χ2n) is 2.38. The molecular formula is C6H10N4O6. The van der Waals surface area contributed by atoms with Crippen LogP contribution in [0.2, 0.25) is 0 Å². The fourth-order valence-electron chi connectivity index (χ4n) is 0.521. The molecule has 0 saturated carbocycles. The molecule has 0 heterocycles. The number of hydrogen-bond donors (Lipinski definition) is 4. The number of hydroxylamine groups is 2. The van der Waals surface area contributed by atoms with Crippen LogP contribution >= 0.6 is 0 Å². The Morgan fingerprint density at radius 2 is 1.12 bits per heavy atom. The van der Waals surface area contributed by atoms with E-state index in [1.54, 1.807) is 11.0 Å². The molecule has 0 aromatic heterocycles. The summed E-state index contributed by atoms with van der Waals surface area (Å²) in [7, 11) is 0. The van der Waals surface area contributed by atoms with Gasteiger partial charge in [-0.15, -0.1) is 0 Å². The maximum atomic E-state index is 10.8. The minimum absolute atomic E-state index is 0.362. The zero-order valence-corrected chi connectivity index (χ0v) is 8.02. The van der Waals surface area contributed by atoms with Crippen LogP contribution in [-0.2, 0) is 19.3 Å². The van der Waals surface area contributed by atoms with Gasteiger partial charge in [0, 0.05) is 0 Å². The molecule has 0 spiro atoms. The molecule has 0 radical (unpaired) electrons. The van der Waals surface area contributed by atoms with E-state index in [2.05, 4.69) is 21.1 Å². The summed E-state index contributed by atoms with van der Waals surface area (Å²) in [5.41, 5.74) is 12.3. The molecule has 0 aromatic carbocycles. The fourth-order valence-corrected chi connectivity index (χ4v) is 0.521. The van der Waals surface area contributed by atoms with Crippen molar-refractivity contribution >= 4 is 24.0 Å². The summed E-state index contributed by atoms with van der Waals surface area (Å²) in [6.07, 6.45) is -0.723. The van der Waals surface area contributed by atoms with Gasteiger partial charge in [0.1, 0.15) is 0 Å². The highest BCUT2D eigenvalue weighted by Crippen LogP contribution is 1.93. The van der Waals surface area contributed by atoms with Crippen molar-refractivity contribution in [2.45, 2.75) is 12.8 Å². The number of primary amides is 2. The van der Waals surface area contributed by atoms with Gasteiger partial charge in [-0.3, -0.25) is 0 Å². The van der Waals surface area contributed by atoms with Crippen molar-refractivity contribution in [2.75, 3.05) is 0 Å². The van der Waals surface area contributed by atoms with Crippen molar-refractivity contribution in [1.82, 2.24) is 11.0 Å². The van der Waals surface area contributed by atoms with E-state index in [4.69, 9.17) is 0 Å². The standard InChI is InChI=1S/C6H10N4O6/c7-5(13)9-15-3(11)1-2-4(12)16-10-6(8)14/h1-2H2,(H3,7,9,13)(H3,8,10,14). The van der Waals surface area contributed by atoms with Crippen molar-refractivity contribution in [1.29, 1.82) is 0 Å². The van der Waals surface area contributed by atoms with E-state index in [1.807, 2.05) is 0 Å². The zero-order valence-electron chi connectivity index (χ0n) is 8.02. The fraction of sp³-hybridized carbons (Fsp3) is 0.333. The van der Waals surface area contributed by atoms with Gasteiger partial charge in [0.05, 0.1) is 12.8 Å². The SMILES string of the molecule is NC(=O)NOC(=O)CCC(=O)ONC(N)=O. The number of nitrogens with one attached hydrogen (secondary N) is 2. The Bertz CT molecular complexity index is 273.